The van der Waals surface area contributed by atoms with E-state index in [4.69, 9.17) is 9.47 Å². The van der Waals surface area contributed by atoms with Gasteiger partial charge in [0.1, 0.15) is 0 Å². The standard InChI is InChI=1S/C29H38N6O3/c1-8-23(27-31-32-33-35(27)29(3,4)5)34(15-14-20-12-13-24(37-6)25(16-20)38-7)18-22-17-21-11-9-10-19(2)26(21)30-28(22)36/h9-13,16-17,23H,8,14-15,18H2,1-7H3,(H,30,36). The van der Waals surface area contributed by atoms with Gasteiger partial charge in [-0.15, -0.1) is 5.10 Å². The van der Waals surface area contributed by atoms with Gasteiger partial charge >= 0.3 is 0 Å². The summed E-state index contributed by atoms with van der Waals surface area (Å²) in [6.45, 7) is 11.5. The largest absolute Gasteiger partial charge is 0.493 e. The van der Waals surface area contributed by atoms with Crippen LogP contribution in [0.3, 0.4) is 0 Å². The summed E-state index contributed by atoms with van der Waals surface area (Å²) in [6.07, 6.45) is 1.53. The lowest BCUT2D eigenvalue weighted by molar-refractivity contribution is 0.163. The van der Waals surface area contributed by atoms with Crippen LogP contribution in [0, 0.1) is 6.92 Å². The van der Waals surface area contributed by atoms with Gasteiger partial charge in [0.2, 0.25) is 0 Å². The Morgan fingerprint density at radius 2 is 1.84 bits per heavy atom. The molecular formula is C29H38N6O3. The fourth-order valence-corrected chi connectivity index (χ4v) is 4.90. The number of hydrogen-bond donors (Lipinski definition) is 1. The maximum atomic E-state index is 13.2. The van der Waals surface area contributed by atoms with Crippen molar-refractivity contribution in [3.63, 3.8) is 0 Å². The van der Waals surface area contributed by atoms with Gasteiger partial charge in [-0.1, -0.05) is 31.2 Å². The number of aryl methyl sites for hydroxylation is 1. The minimum Gasteiger partial charge on any atom is -0.493 e. The summed E-state index contributed by atoms with van der Waals surface area (Å²) in [6, 6.07) is 13.9. The number of benzene rings is 2. The molecule has 4 rings (SSSR count). The molecule has 9 heteroatoms. The molecule has 202 valence electrons. The minimum atomic E-state index is -0.279. The first-order valence-electron chi connectivity index (χ1n) is 13.0. The van der Waals surface area contributed by atoms with Gasteiger partial charge < -0.3 is 14.5 Å². The summed E-state index contributed by atoms with van der Waals surface area (Å²) in [7, 11) is 3.27. The third-order valence-corrected chi connectivity index (χ3v) is 6.93. The van der Waals surface area contributed by atoms with E-state index in [-0.39, 0.29) is 17.1 Å². The number of methoxy groups -OCH3 is 2. The highest BCUT2D eigenvalue weighted by Crippen LogP contribution is 2.30. The predicted molar refractivity (Wildman–Crippen MR) is 149 cm³/mol. The number of para-hydroxylation sites is 1. The quantitative estimate of drug-likeness (QED) is 0.322. The fourth-order valence-electron chi connectivity index (χ4n) is 4.90. The van der Waals surface area contributed by atoms with Crippen LogP contribution in [-0.4, -0.2) is 50.9 Å². The smallest absolute Gasteiger partial charge is 0.252 e. The van der Waals surface area contributed by atoms with Gasteiger partial charge in [-0.05, 0) is 85.7 Å². The van der Waals surface area contributed by atoms with Crippen LogP contribution >= 0.6 is 0 Å². The third-order valence-electron chi connectivity index (χ3n) is 6.93. The Kier molecular flexibility index (Phi) is 8.16. The summed E-state index contributed by atoms with van der Waals surface area (Å²) < 4.78 is 12.8. The Balaban J connectivity index is 1.72. The second-order valence-corrected chi connectivity index (χ2v) is 10.6. The molecule has 0 aliphatic carbocycles. The zero-order chi connectivity index (χ0) is 27.4. The summed E-state index contributed by atoms with van der Waals surface area (Å²) in [4.78, 5) is 18.6. The van der Waals surface area contributed by atoms with Crippen molar-refractivity contribution in [1.29, 1.82) is 0 Å². The summed E-state index contributed by atoms with van der Waals surface area (Å²) in [5.41, 5.74) is 3.39. The Labute approximate surface area is 223 Å². The lowest BCUT2D eigenvalue weighted by Gasteiger charge is -2.32. The molecule has 0 aliphatic rings. The van der Waals surface area contributed by atoms with Gasteiger partial charge in [0.25, 0.3) is 5.56 Å². The van der Waals surface area contributed by atoms with Gasteiger partial charge in [-0.3, -0.25) is 9.69 Å². The number of pyridine rings is 1. The fraction of sp³-hybridized carbons (Fsp3) is 0.448. The zero-order valence-corrected chi connectivity index (χ0v) is 23.4. The first kappa shape index (κ1) is 27.3. The molecule has 2 aromatic heterocycles. The normalized spacial score (nSPS) is 12.7. The topological polar surface area (TPSA) is 98.2 Å². The van der Waals surface area contributed by atoms with Crippen LogP contribution in [0.4, 0.5) is 0 Å². The molecule has 38 heavy (non-hydrogen) atoms. The number of nitrogens with zero attached hydrogens (tertiary/aromatic N) is 5. The van der Waals surface area contributed by atoms with E-state index in [1.54, 1.807) is 14.2 Å². The lowest BCUT2D eigenvalue weighted by atomic mass is 10.0. The Bertz CT molecular complexity index is 1450. The lowest BCUT2D eigenvalue weighted by Crippen LogP contribution is -2.36. The van der Waals surface area contributed by atoms with Crippen molar-refractivity contribution in [1.82, 2.24) is 30.1 Å². The van der Waals surface area contributed by atoms with Crippen LogP contribution in [0.1, 0.15) is 62.7 Å². The maximum absolute atomic E-state index is 13.2. The van der Waals surface area contributed by atoms with Crippen molar-refractivity contribution in [2.45, 2.75) is 65.6 Å². The SMILES string of the molecule is CCC(c1nnnn1C(C)(C)C)N(CCc1ccc(OC)c(OC)c1)Cc1cc2cccc(C)c2[nH]c1=O. The Morgan fingerprint density at radius 3 is 2.53 bits per heavy atom. The molecule has 2 aromatic carbocycles. The van der Waals surface area contributed by atoms with Crippen molar-refractivity contribution in [3.8, 4) is 11.5 Å². The molecular weight excluding hydrogens is 480 g/mol. The maximum Gasteiger partial charge on any atom is 0.252 e. The van der Waals surface area contributed by atoms with Gasteiger partial charge in [-0.25, -0.2) is 4.68 Å². The van der Waals surface area contributed by atoms with Crippen LogP contribution in [0.5, 0.6) is 11.5 Å². The van der Waals surface area contributed by atoms with Crippen LogP contribution < -0.4 is 15.0 Å². The van der Waals surface area contributed by atoms with Crippen LogP contribution in [0.15, 0.2) is 47.3 Å². The van der Waals surface area contributed by atoms with E-state index in [9.17, 15) is 4.79 Å². The van der Waals surface area contributed by atoms with Crippen molar-refractivity contribution >= 4 is 10.9 Å². The van der Waals surface area contributed by atoms with Gasteiger partial charge in [0.15, 0.2) is 17.3 Å². The van der Waals surface area contributed by atoms with E-state index >= 15 is 0 Å². The second kappa shape index (κ2) is 11.3. The number of nitrogens with one attached hydrogen (secondary N) is 1. The number of ether oxygens (including phenoxy) is 2. The molecule has 9 nitrogen and oxygen atoms in total. The number of aromatic amines is 1. The molecule has 0 bridgehead atoms. The molecule has 0 spiro atoms. The van der Waals surface area contributed by atoms with E-state index in [2.05, 4.69) is 53.1 Å². The van der Waals surface area contributed by atoms with E-state index in [0.29, 0.717) is 30.2 Å². The van der Waals surface area contributed by atoms with Crippen LogP contribution in [0.25, 0.3) is 10.9 Å². The van der Waals surface area contributed by atoms with Crippen molar-refractivity contribution in [2.75, 3.05) is 20.8 Å². The molecule has 0 saturated carbocycles. The second-order valence-electron chi connectivity index (χ2n) is 10.6. The molecule has 0 aliphatic heterocycles. The molecule has 1 atom stereocenters. The van der Waals surface area contributed by atoms with E-state index in [1.165, 1.54) is 0 Å². The summed E-state index contributed by atoms with van der Waals surface area (Å²) >= 11 is 0. The van der Waals surface area contributed by atoms with Crippen molar-refractivity contribution < 1.29 is 9.47 Å². The Hall–Kier alpha value is -3.72. The average molecular weight is 519 g/mol. The molecule has 1 N–H and O–H groups in total. The Morgan fingerprint density at radius 1 is 1.08 bits per heavy atom. The summed E-state index contributed by atoms with van der Waals surface area (Å²) in [5, 5.41) is 13.8. The number of H-pyrrole nitrogens is 1. The highest BCUT2D eigenvalue weighted by atomic mass is 16.5. The number of hydrogen-bond acceptors (Lipinski definition) is 7. The predicted octanol–water partition coefficient (Wildman–Crippen LogP) is 4.79. The third kappa shape index (κ3) is 5.72. The number of fused-ring (bicyclic) bond motifs is 1. The van der Waals surface area contributed by atoms with E-state index < -0.39 is 0 Å². The zero-order valence-electron chi connectivity index (χ0n) is 23.4. The number of rotatable bonds is 10. The van der Waals surface area contributed by atoms with Crippen LogP contribution in [-0.2, 0) is 18.5 Å². The molecule has 2 heterocycles. The van der Waals surface area contributed by atoms with Gasteiger partial charge in [-0.2, -0.15) is 0 Å². The van der Waals surface area contributed by atoms with Crippen LogP contribution in [0.2, 0.25) is 0 Å². The molecule has 0 saturated heterocycles. The molecule has 0 amide bonds. The van der Waals surface area contributed by atoms with E-state index in [1.807, 2.05) is 54.1 Å². The highest BCUT2D eigenvalue weighted by molar-refractivity contribution is 5.81. The molecule has 0 radical (unpaired) electrons. The first-order chi connectivity index (χ1) is 18.2. The van der Waals surface area contributed by atoms with Gasteiger partial charge in [0, 0.05) is 18.7 Å². The molecule has 4 aromatic rings. The average Bonchev–Trinajstić information content (AvgIpc) is 3.39. The molecule has 0 fully saturated rings. The monoisotopic (exact) mass is 518 g/mol. The first-order valence-corrected chi connectivity index (χ1v) is 13.0. The van der Waals surface area contributed by atoms with Gasteiger partial charge in [0.05, 0.1) is 31.3 Å². The van der Waals surface area contributed by atoms with Crippen molar-refractivity contribution in [3.05, 3.63) is 75.3 Å². The number of aromatic nitrogens is 5. The highest BCUT2D eigenvalue weighted by Gasteiger charge is 2.29. The van der Waals surface area contributed by atoms with Crippen molar-refractivity contribution in [2.24, 2.45) is 0 Å². The minimum absolute atomic E-state index is 0.0758. The summed E-state index contributed by atoms with van der Waals surface area (Å²) in [5.74, 6) is 2.18. The van der Waals surface area contributed by atoms with E-state index in [0.717, 1.165) is 40.7 Å². The molecule has 1 unspecified atom stereocenters. The number of tetrazole rings is 1.